The molecule has 0 aliphatic heterocycles. The third kappa shape index (κ3) is 2.84. The molecular weight excluding hydrogens is 208 g/mol. The van der Waals surface area contributed by atoms with Crippen LogP contribution in [-0.2, 0) is 12.5 Å². The zero-order valence-corrected chi connectivity index (χ0v) is 10.8. The average Bonchev–Trinajstić information content (AvgIpc) is 2.47. The molecule has 0 unspecified atom stereocenters. The molecule has 84 valence electrons. The number of aromatic nitrogens is 2. The minimum Gasteiger partial charge on any atom is -0.337 e. The first-order valence-corrected chi connectivity index (χ1v) is 6.31. The summed E-state index contributed by atoms with van der Waals surface area (Å²) in [5.74, 6) is 1.56. The van der Waals surface area contributed by atoms with Crippen molar-refractivity contribution in [2.75, 3.05) is 12.0 Å². The summed E-state index contributed by atoms with van der Waals surface area (Å²) in [5, 5.41) is 0. The fraction of sp³-hybridized carbons (Fsp3) is 0.636. The molecule has 0 aliphatic rings. The van der Waals surface area contributed by atoms with Crippen LogP contribution in [0.5, 0.6) is 0 Å². The van der Waals surface area contributed by atoms with Crippen molar-refractivity contribution in [3.05, 3.63) is 17.7 Å². The number of carbonyl (C=O) groups is 1. The smallest absolute Gasteiger partial charge is 0.192 e. The van der Waals surface area contributed by atoms with Crippen LogP contribution < -0.4 is 0 Å². The van der Waals surface area contributed by atoms with Crippen LogP contribution in [0.1, 0.15) is 37.1 Å². The van der Waals surface area contributed by atoms with E-state index in [1.54, 1.807) is 0 Å². The highest BCUT2D eigenvalue weighted by Gasteiger charge is 2.21. The third-order valence-electron chi connectivity index (χ3n) is 2.11. The molecule has 1 heterocycles. The lowest BCUT2D eigenvalue weighted by Gasteiger charge is -2.17. The van der Waals surface area contributed by atoms with E-state index >= 15 is 0 Å². The molecule has 0 spiro atoms. The molecule has 0 aromatic carbocycles. The Morgan fingerprint density at radius 2 is 2.13 bits per heavy atom. The summed E-state index contributed by atoms with van der Waals surface area (Å²) in [6.07, 6.45) is 3.74. The third-order valence-corrected chi connectivity index (χ3v) is 2.66. The fourth-order valence-corrected chi connectivity index (χ4v) is 1.91. The van der Waals surface area contributed by atoms with Crippen LogP contribution in [0, 0.1) is 0 Å². The minimum atomic E-state index is -0.0212. The van der Waals surface area contributed by atoms with Crippen molar-refractivity contribution in [1.29, 1.82) is 0 Å². The average molecular weight is 226 g/mol. The summed E-state index contributed by atoms with van der Waals surface area (Å²) in [7, 11) is 1.93. The van der Waals surface area contributed by atoms with Crippen molar-refractivity contribution in [3.63, 3.8) is 0 Å². The summed E-state index contributed by atoms with van der Waals surface area (Å²) < 4.78 is 1.94. The lowest BCUT2D eigenvalue weighted by atomic mass is 9.96. The number of thioether (sulfide) groups is 1. The van der Waals surface area contributed by atoms with Gasteiger partial charge in [0.25, 0.3) is 0 Å². The second-order valence-corrected chi connectivity index (χ2v) is 5.53. The summed E-state index contributed by atoms with van der Waals surface area (Å²) in [4.78, 5) is 16.0. The van der Waals surface area contributed by atoms with E-state index in [0.29, 0.717) is 11.4 Å². The van der Waals surface area contributed by atoms with Crippen molar-refractivity contribution in [2.45, 2.75) is 26.2 Å². The largest absolute Gasteiger partial charge is 0.337 e. The number of Topliss-reactive ketones (excluding diaryl/α,β-unsaturated/α-hetero) is 1. The monoisotopic (exact) mass is 226 g/mol. The molecule has 0 radical (unpaired) electrons. The Balaban J connectivity index is 3.01. The molecule has 0 N–H and O–H groups in total. The van der Waals surface area contributed by atoms with Gasteiger partial charge in [0.05, 0.1) is 5.75 Å². The molecule has 0 saturated carbocycles. The number of ketones is 1. The van der Waals surface area contributed by atoms with Crippen molar-refractivity contribution < 1.29 is 4.79 Å². The molecule has 0 bridgehead atoms. The molecule has 0 amide bonds. The van der Waals surface area contributed by atoms with Crippen LogP contribution in [0.25, 0.3) is 0 Å². The van der Waals surface area contributed by atoms with Crippen LogP contribution in [0.2, 0.25) is 0 Å². The number of aryl methyl sites for hydroxylation is 1. The number of imidazole rings is 1. The molecule has 0 atom stereocenters. The van der Waals surface area contributed by atoms with Gasteiger partial charge >= 0.3 is 0 Å². The zero-order chi connectivity index (χ0) is 11.6. The quantitative estimate of drug-likeness (QED) is 0.742. The number of hydrogen-bond acceptors (Lipinski definition) is 3. The van der Waals surface area contributed by atoms with Gasteiger partial charge in [-0.3, -0.25) is 4.79 Å². The SMILES string of the molecule is CSCC(=O)c1cn(C)c(C(C)(C)C)n1. The van der Waals surface area contributed by atoms with Crippen LogP contribution >= 0.6 is 11.8 Å². The number of hydrogen-bond donors (Lipinski definition) is 0. The van der Waals surface area contributed by atoms with Gasteiger partial charge in [0.1, 0.15) is 11.5 Å². The van der Waals surface area contributed by atoms with Gasteiger partial charge in [0.2, 0.25) is 0 Å². The van der Waals surface area contributed by atoms with Gasteiger partial charge in [-0.1, -0.05) is 20.8 Å². The van der Waals surface area contributed by atoms with Crippen LogP contribution in [0.3, 0.4) is 0 Å². The van der Waals surface area contributed by atoms with Gasteiger partial charge < -0.3 is 4.57 Å². The Kier molecular flexibility index (Phi) is 3.60. The van der Waals surface area contributed by atoms with E-state index in [1.807, 2.05) is 24.1 Å². The standard InChI is InChI=1S/C11H18N2OS/c1-11(2,3)10-12-8(6-13(10)4)9(14)7-15-5/h6H,7H2,1-5H3. The van der Waals surface area contributed by atoms with Crippen LogP contribution in [0.4, 0.5) is 0 Å². The molecule has 1 rings (SSSR count). The molecule has 1 aromatic heterocycles. The summed E-state index contributed by atoms with van der Waals surface area (Å²) in [6, 6.07) is 0. The first kappa shape index (κ1) is 12.3. The van der Waals surface area contributed by atoms with Gasteiger partial charge in [-0.05, 0) is 6.26 Å². The van der Waals surface area contributed by atoms with E-state index < -0.39 is 0 Å². The lowest BCUT2D eigenvalue weighted by molar-refractivity contribution is 0.101. The first-order chi connectivity index (χ1) is 6.86. The first-order valence-electron chi connectivity index (χ1n) is 4.92. The number of rotatable bonds is 3. The van der Waals surface area contributed by atoms with Crippen molar-refractivity contribution in [3.8, 4) is 0 Å². The van der Waals surface area contributed by atoms with Crippen LogP contribution in [-0.4, -0.2) is 27.3 Å². The Morgan fingerprint density at radius 1 is 1.53 bits per heavy atom. The molecule has 1 aromatic rings. The molecular formula is C11H18N2OS. The zero-order valence-electron chi connectivity index (χ0n) is 10.00. The molecule has 15 heavy (non-hydrogen) atoms. The fourth-order valence-electron chi connectivity index (χ4n) is 1.50. The van der Waals surface area contributed by atoms with Crippen molar-refractivity contribution in [2.24, 2.45) is 7.05 Å². The highest BCUT2D eigenvalue weighted by Crippen LogP contribution is 2.21. The second-order valence-electron chi connectivity index (χ2n) is 4.67. The summed E-state index contributed by atoms with van der Waals surface area (Å²) in [5.41, 5.74) is 0.559. The van der Waals surface area contributed by atoms with E-state index in [2.05, 4.69) is 25.8 Å². The van der Waals surface area contributed by atoms with Crippen molar-refractivity contribution in [1.82, 2.24) is 9.55 Å². The maximum atomic E-state index is 11.6. The minimum absolute atomic E-state index is 0.0212. The molecule has 4 heteroatoms. The molecule has 3 nitrogen and oxygen atoms in total. The molecule has 0 saturated heterocycles. The lowest BCUT2D eigenvalue weighted by Crippen LogP contribution is -2.17. The summed E-state index contributed by atoms with van der Waals surface area (Å²) in [6.45, 7) is 6.29. The van der Waals surface area contributed by atoms with E-state index in [0.717, 1.165) is 5.82 Å². The number of nitrogens with zero attached hydrogens (tertiary/aromatic N) is 2. The van der Waals surface area contributed by atoms with Gasteiger partial charge in [-0.15, -0.1) is 0 Å². The van der Waals surface area contributed by atoms with Gasteiger partial charge in [0.15, 0.2) is 5.78 Å². The number of carbonyl (C=O) groups excluding carboxylic acids is 1. The predicted octanol–water partition coefficient (Wildman–Crippen LogP) is 2.26. The van der Waals surface area contributed by atoms with E-state index in [4.69, 9.17) is 0 Å². The van der Waals surface area contributed by atoms with Gasteiger partial charge in [-0.2, -0.15) is 11.8 Å². The maximum absolute atomic E-state index is 11.6. The maximum Gasteiger partial charge on any atom is 0.192 e. The molecule has 0 aliphatic carbocycles. The van der Waals surface area contributed by atoms with Crippen LogP contribution in [0.15, 0.2) is 6.20 Å². The van der Waals surface area contributed by atoms with Crippen molar-refractivity contribution >= 4 is 17.5 Å². The van der Waals surface area contributed by atoms with E-state index in [1.165, 1.54) is 11.8 Å². The Hall–Kier alpha value is -0.770. The van der Waals surface area contributed by atoms with Gasteiger partial charge in [-0.25, -0.2) is 4.98 Å². The second kappa shape index (κ2) is 4.39. The van der Waals surface area contributed by atoms with Gasteiger partial charge in [0, 0.05) is 18.7 Å². The van der Waals surface area contributed by atoms with E-state index in [-0.39, 0.29) is 11.2 Å². The Labute approximate surface area is 95.3 Å². The molecule has 0 fully saturated rings. The summed E-state index contributed by atoms with van der Waals surface area (Å²) >= 11 is 1.53. The highest BCUT2D eigenvalue weighted by atomic mass is 32.2. The Bertz CT molecular complexity index is 363. The van der Waals surface area contributed by atoms with E-state index in [9.17, 15) is 4.79 Å². The topological polar surface area (TPSA) is 34.9 Å². The Morgan fingerprint density at radius 3 is 2.53 bits per heavy atom. The predicted molar refractivity (Wildman–Crippen MR) is 64.6 cm³/mol. The highest BCUT2D eigenvalue weighted by molar-refractivity contribution is 7.99. The normalized spacial score (nSPS) is 11.8.